The lowest BCUT2D eigenvalue weighted by atomic mass is 9.77. The van der Waals surface area contributed by atoms with Crippen molar-refractivity contribution in [3.05, 3.63) is 29.3 Å². The molecule has 2 aliphatic heterocycles. The quantitative estimate of drug-likeness (QED) is 0.835. The third-order valence-electron chi connectivity index (χ3n) is 3.52. The van der Waals surface area contributed by atoms with Crippen LogP contribution in [-0.2, 0) is 21.4 Å². The summed E-state index contributed by atoms with van der Waals surface area (Å²) in [5, 5.41) is 2.60. The number of fused-ring (bicyclic) bond motifs is 1. The van der Waals surface area contributed by atoms with Gasteiger partial charge in [-0.3, -0.25) is 4.79 Å². The van der Waals surface area contributed by atoms with Crippen LogP contribution < -0.4 is 5.32 Å². The molecule has 3 rings (SSSR count). The van der Waals surface area contributed by atoms with Gasteiger partial charge in [-0.25, -0.2) is 0 Å². The molecule has 1 fully saturated rings. The van der Waals surface area contributed by atoms with E-state index in [2.05, 4.69) is 5.32 Å². The molecule has 1 aromatic carbocycles. The first-order valence-corrected chi connectivity index (χ1v) is 5.50. The number of rotatable bonds is 1. The van der Waals surface area contributed by atoms with Gasteiger partial charge in [-0.05, 0) is 17.2 Å². The van der Waals surface area contributed by atoms with Gasteiger partial charge >= 0.3 is 6.18 Å². The Morgan fingerprint density at radius 3 is 2.56 bits per heavy atom. The Kier molecular flexibility index (Phi) is 2.22. The van der Waals surface area contributed by atoms with Crippen LogP contribution in [0.15, 0.2) is 18.2 Å². The number of hydrogen-bond donors (Lipinski definition) is 1. The second-order valence-corrected chi connectivity index (χ2v) is 4.67. The number of hydrogen-bond acceptors (Lipinski definition) is 2. The van der Waals surface area contributed by atoms with E-state index in [0.29, 0.717) is 11.3 Å². The van der Waals surface area contributed by atoms with Crippen molar-refractivity contribution in [2.75, 3.05) is 18.5 Å². The Bertz CT molecular complexity index is 521. The van der Waals surface area contributed by atoms with Crippen molar-refractivity contribution in [1.29, 1.82) is 0 Å². The number of carbonyl (C=O) groups excluding carboxylic acids is 1. The first-order valence-electron chi connectivity index (χ1n) is 5.50. The molecule has 1 aromatic rings. The summed E-state index contributed by atoms with van der Waals surface area (Å²) in [6.45, 7) is -0.701. The van der Waals surface area contributed by atoms with Gasteiger partial charge in [0.25, 0.3) is 0 Å². The zero-order valence-electron chi connectivity index (χ0n) is 9.30. The highest BCUT2D eigenvalue weighted by Crippen LogP contribution is 2.47. The van der Waals surface area contributed by atoms with Gasteiger partial charge < -0.3 is 10.1 Å². The van der Waals surface area contributed by atoms with E-state index < -0.39 is 11.6 Å². The molecule has 0 unspecified atom stereocenters. The van der Waals surface area contributed by atoms with E-state index in [4.69, 9.17) is 4.74 Å². The normalized spacial score (nSPS) is 21.2. The van der Waals surface area contributed by atoms with Gasteiger partial charge in [0.2, 0.25) is 5.91 Å². The largest absolute Gasteiger partial charge is 0.402 e. The van der Waals surface area contributed by atoms with Gasteiger partial charge in [-0.1, -0.05) is 12.1 Å². The molecule has 1 saturated heterocycles. The highest BCUT2D eigenvalue weighted by Gasteiger charge is 2.61. The molecular weight excluding hydrogens is 247 g/mol. The molecule has 1 amide bonds. The van der Waals surface area contributed by atoms with Crippen molar-refractivity contribution in [1.82, 2.24) is 0 Å². The molecule has 3 nitrogen and oxygen atoms in total. The van der Waals surface area contributed by atoms with E-state index in [9.17, 15) is 18.0 Å². The van der Waals surface area contributed by atoms with Crippen molar-refractivity contribution in [2.24, 2.45) is 0 Å². The molecule has 0 spiro atoms. The molecule has 0 atom stereocenters. The smallest absolute Gasteiger partial charge is 0.379 e. The van der Waals surface area contributed by atoms with Crippen molar-refractivity contribution >= 4 is 11.6 Å². The lowest BCUT2D eigenvalue weighted by Crippen LogP contribution is -2.57. The highest BCUT2D eigenvalue weighted by atomic mass is 19.4. The van der Waals surface area contributed by atoms with Crippen molar-refractivity contribution in [2.45, 2.75) is 18.0 Å². The second kappa shape index (κ2) is 3.47. The maximum absolute atomic E-state index is 13.1. The summed E-state index contributed by atoms with van der Waals surface area (Å²) < 4.78 is 44.1. The minimum Gasteiger partial charge on any atom is -0.379 e. The molecule has 0 aliphatic carbocycles. The van der Waals surface area contributed by atoms with Crippen LogP contribution in [0.2, 0.25) is 0 Å². The van der Waals surface area contributed by atoms with E-state index in [-0.39, 0.29) is 31.1 Å². The van der Waals surface area contributed by atoms with Crippen LogP contribution in [0, 0.1) is 0 Å². The van der Waals surface area contributed by atoms with Crippen LogP contribution >= 0.6 is 0 Å². The highest BCUT2D eigenvalue weighted by molar-refractivity contribution is 5.99. The molecule has 0 bridgehead atoms. The van der Waals surface area contributed by atoms with Gasteiger partial charge in [-0.2, -0.15) is 13.2 Å². The number of ether oxygens (including phenoxy) is 1. The lowest BCUT2D eigenvalue weighted by Gasteiger charge is -2.43. The Labute approximate surface area is 101 Å². The fourth-order valence-corrected chi connectivity index (χ4v) is 2.33. The molecule has 2 aliphatic rings. The number of alkyl halides is 3. The molecule has 0 aromatic heterocycles. The summed E-state index contributed by atoms with van der Waals surface area (Å²) in [5.41, 5.74) is -0.515. The molecule has 0 radical (unpaired) electrons. The third-order valence-corrected chi connectivity index (χ3v) is 3.52. The van der Waals surface area contributed by atoms with Gasteiger partial charge in [0.15, 0.2) is 0 Å². The van der Waals surface area contributed by atoms with Crippen LogP contribution in [-0.4, -0.2) is 25.3 Å². The van der Waals surface area contributed by atoms with Gasteiger partial charge in [-0.15, -0.1) is 0 Å². The van der Waals surface area contributed by atoms with Crippen molar-refractivity contribution in [3.63, 3.8) is 0 Å². The summed E-state index contributed by atoms with van der Waals surface area (Å²) in [4.78, 5) is 11.2. The summed E-state index contributed by atoms with van der Waals surface area (Å²) >= 11 is 0. The average molecular weight is 257 g/mol. The predicted octanol–water partition coefficient (Wildman–Crippen LogP) is 2.01. The number of amides is 1. The van der Waals surface area contributed by atoms with Crippen LogP contribution in [0.4, 0.5) is 18.9 Å². The minimum absolute atomic E-state index is 0.137. The molecule has 6 heteroatoms. The number of carbonyl (C=O) groups is 1. The predicted molar refractivity (Wildman–Crippen MR) is 57.3 cm³/mol. The number of halogens is 3. The van der Waals surface area contributed by atoms with E-state index >= 15 is 0 Å². The summed E-state index contributed by atoms with van der Waals surface area (Å²) in [6.07, 6.45) is -4.20. The minimum atomic E-state index is -4.34. The lowest BCUT2D eigenvalue weighted by molar-refractivity contribution is -0.262. The summed E-state index contributed by atoms with van der Waals surface area (Å²) in [5.74, 6) is -0.187. The molecule has 18 heavy (non-hydrogen) atoms. The topological polar surface area (TPSA) is 38.3 Å². The number of anilines is 1. The Balaban J connectivity index is 2.03. The maximum Gasteiger partial charge on any atom is 0.402 e. The zero-order valence-corrected chi connectivity index (χ0v) is 9.30. The third kappa shape index (κ3) is 1.45. The van der Waals surface area contributed by atoms with E-state index in [0.717, 1.165) is 0 Å². The van der Waals surface area contributed by atoms with Gasteiger partial charge in [0.05, 0.1) is 19.6 Å². The van der Waals surface area contributed by atoms with Crippen LogP contribution in [0.1, 0.15) is 11.1 Å². The van der Waals surface area contributed by atoms with Gasteiger partial charge in [0.1, 0.15) is 5.41 Å². The Morgan fingerprint density at radius 2 is 2.00 bits per heavy atom. The summed E-state index contributed by atoms with van der Waals surface area (Å²) in [7, 11) is 0. The Hall–Kier alpha value is -1.56. The number of benzene rings is 1. The second-order valence-electron chi connectivity index (χ2n) is 4.67. The molecule has 1 N–H and O–H groups in total. The van der Waals surface area contributed by atoms with E-state index in [1.807, 2.05) is 0 Å². The van der Waals surface area contributed by atoms with Gasteiger partial charge in [0, 0.05) is 5.69 Å². The van der Waals surface area contributed by atoms with E-state index in [1.165, 1.54) is 18.2 Å². The molecular formula is C12H10F3NO2. The van der Waals surface area contributed by atoms with E-state index in [1.54, 1.807) is 0 Å². The van der Waals surface area contributed by atoms with Crippen LogP contribution in [0.5, 0.6) is 0 Å². The standard InChI is InChI=1S/C12H10F3NO2/c13-12(14,15)11(5-18-6-11)8-1-2-9-7(3-8)4-10(17)16-9/h1-3H,4-6H2,(H,16,17). The monoisotopic (exact) mass is 257 g/mol. The average Bonchev–Trinajstić information content (AvgIpc) is 2.52. The summed E-state index contributed by atoms with van der Waals surface area (Å²) in [6, 6.07) is 4.41. The van der Waals surface area contributed by atoms with Crippen LogP contribution in [0.3, 0.4) is 0 Å². The SMILES string of the molecule is O=C1Cc2cc(C3(C(F)(F)F)COC3)ccc2N1. The molecule has 0 saturated carbocycles. The molecule has 2 heterocycles. The first kappa shape index (κ1) is 11.5. The molecule has 96 valence electrons. The van der Waals surface area contributed by atoms with Crippen molar-refractivity contribution in [3.8, 4) is 0 Å². The van der Waals surface area contributed by atoms with Crippen LogP contribution in [0.25, 0.3) is 0 Å². The Morgan fingerprint density at radius 1 is 1.28 bits per heavy atom. The van der Waals surface area contributed by atoms with Crippen molar-refractivity contribution < 1.29 is 22.7 Å². The first-order chi connectivity index (χ1) is 8.42. The maximum atomic E-state index is 13.1. The zero-order chi connectivity index (χ0) is 13.0. The fraction of sp³-hybridized carbons (Fsp3) is 0.417. The fourth-order valence-electron chi connectivity index (χ4n) is 2.33. The number of nitrogens with one attached hydrogen (secondary N) is 1.